The molecule has 0 aliphatic carbocycles. The molecule has 9 heteroatoms. The molecule has 0 N–H and O–H groups in total. The maximum Gasteiger partial charge on any atom is 0.260 e. The van der Waals surface area contributed by atoms with E-state index >= 15 is 0 Å². The molecule has 0 fully saturated rings. The van der Waals surface area contributed by atoms with Crippen molar-refractivity contribution in [1.29, 1.82) is 0 Å². The van der Waals surface area contributed by atoms with Gasteiger partial charge in [0.1, 0.15) is 0 Å². The van der Waals surface area contributed by atoms with Gasteiger partial charge in [-0.05, 0) is 69.4 Å². The highest BCUT2D eigenvalue weighted by Gasteiger charge is 2.22. The van der Waals surface area contributed by atoms with E-state index in [0.29, 0.717) is 29.3 Å². The van der Waals surface area contributed by atoms with Gasteiger partial charge in [-0.3, -0.25) is 9.69 Å². The second-order valence-corrected chi connectivity index (χ2v) is 10.5. The molecule has 2 aromatic carbocycles. The number of hydrogen-bond acceptors (Lipinski definition) is 6. The molecule has 1 aromatic heterocycles. The van der Waals surface area contributed by atoms with E-state index in [4.69, 9.17) is 0 Å². The minimum absolute atomic E-state index is 0. The predicted octanol–water partition coefficient (Wildman–Crippen LogP) is 3.95. The van der Waals surface area contributed by atoms with Crippen LogP contribution in [0.5, 0.6) is 0 Å². The first-order valence-electron chi connectivity index (χ1n) is 9.21. The fourth-order valence-corrected chi connectivity index (χ4v) is 4.60. The number of anilines is 1. The number of sulfone groups is 1. The summed E-state index contributed by atoms with van der Waals surface area (Å²) >= 11 is 1.33. The summed E-state index contributed by atoms with van der Waals surface area (Å²) in [6.45, 7) is 5.17. The van der Waals surface area contributed by atoms with Crippen LogP contribution in [0.1, 0.15) is 21.5 Å². The maximum atomic E-state index is 13.3. The Bertz CT molecular complexity index is 1170. The largest absolute Gasteiger partial charge is 0.308 e. The summed E-state index contributed by atoms with van der Waals surface area (Å²) in [5.41, 5.74) is 3.49. The smallest absolute Gasteiger partial charge is 0.260 e. The van der Waals surface area contributed by atoms with Crippen molar-refractivity contribution in [1.82, 2.24) is 9.88 Å². The van der Waals surface area contributed by atoms with Crippen LogP contribution >= 0.6 is 23.7 Å². The van der Waals surface area contributed by atoms with E-state index in [2.05, 4.69) is 4.98 Å². The minimum atomic E-state index is -3.30. The average molecular weight is 468 g/mol. The highest BCUT2D eigenvalue weighted by Crippen LogP contribution is 2.31. The molecule has 1 amide bonds. The monoisotopic (exact) mass is 467 g/mol. The van der Waals surface area contributed by atoms with E-state index in [1.54, 1.807) is 23.1 Å². The van der Waals surface area contributed by atoms with Crippen LogP contribution in [0.15, 0.2) is 41.3 Å². The van der Waals surface area contributed by atoms with E-state index in [1.165, 1.54) is 17.6 Å². The first-order valence-corrected chi connectivity index (χ1v) is 11.9. The number of benzene rings is 2. The van der Waals surface area contributed by atoms with Gasteiger partial charge in [0, 0.05) is 24.9 Å². The zero-order valence-electron chi connectivity index (χ0n) is 17.7. The summed E-state index contributed by atoms with van der Waals surface area (Å²) in [4.78, 5) is 21.8. The number of aromatic nitrogens is 1. The molecular formula is C21H26ClN3O3S2. The third kappa shape index (κ3) is 5.37. The molecule has 0 spiro atoms. The summed E-state index contributed by atoms with van der Waals surface area (Å²) in [6, 6.07) is 10.5. The van der Waals surface area contributed by atoms with Gasteiger partial charge >= 0.3 is 0 Å². The Labute approximate surface area is 187 Å². The third-order valence-electron chi connectivity index (χ3n) is 4.78. The van der Waals surface area contributed by atoms with E-state index in [0.717, 1.165) is 15.8 Å². The lowest BCUT2D eigenvalue weighted by atomic mass is 10.1. The molecule has 0 bridgehead atoms. The van der Waals surface area contributed by atoms with Crippen molar-refractivity contribution in [2.45, 2.75) is 18.7 Å². The van der Waals surface area contributed by atoms with Gasteiger partial charge in [-0.1, -0.05) is 17.4 Å². The number of hydrogen-bond donors (Lipinski definition) is 0. The van der Waals surface area contributed by atoms with Crippen molar-refractivity contribution in [2.75, 3.05) is 38.3 Å². The molecule has 0 aliphatic rings. The highest BCUT2D eigenvalue weighted by molar-refractivity contribution is 7.90. The number of fused-ring (bicyclic) bond motifs is 1. The Morgan fingerprint density at radius 1 is 1.03 bits per heavy atom. The molecule has 0 atom stereocenters. The normalized spacial score (nSPS) is 11.5. The number of nitrogens with zero attached hydrogens (tertiary/aromatic N) is 3. The summed E-state index contributed by atoms with van der Waals surface area (Å²) in [5, 5.41) is 0.565. The first-order chi connectivity index (χ1) is 13.6. The van der Waals surface area contributed by atoms with Crippen molar-refractivity contribution < 1.29 is 13.2 Å². The lowest BCUT2D eigenvalue weighted by Crippen LogP contribution is -2.36. The summed E-state index contributed by atoms with van der Waals surface area (Å²) in [7, 11) is 0.604. The fraction of sp³-hybridized carbons (Fsp3) is 0.333. The molecule has 0 radical (unpaired) electrons. The number of likely N-dealkylation sites (N-methyl/N-ethyl adjacent to an activating group) is 1. The molecule has 162 valence electrons. The predicted molar refractivity (Wildman–Crippen MR) is 126 cm³/mol. The average Bonchev–Trinajstić information content (AvgIpc) is 3.05. The van der Waals surface area contributed by atoms with Gasteiger partial charge in [0.05, 0.1) is 15.1 Å². The Kier molecular flexibility index (Phi) is 7.63. The Morgan fingerprint density at radius 3 is 2.33 bits per heavy atom. The summed E-state index contributed by atoms with van der Waals surface area (Å²) in [5.74, 6) is -0.114. The lowest BCUT2D eigenvalue weighted by Gasteiger charge is -2.22. The Hall–Kier alpha value is -2.00. The van der Waals surface area contributed by atoms with Gasteiger partial charge < -0.3 is 4.90 Å². The SMILES string of the molecule is Cc1ccc(C(=O)N(CCN(C)C)c2nc3ccc(S(C)(=O)=O)cc3s2)cc1C.Cl. The van der Waals surface area contributed by atoms with Crippen molar-refractivity contribution in [3.63, 3.8) is 0 Å². The maximum absolute atomic E-state index is 13.3. The van der Waals surface area contributed by atoms with Gasteiger partial charge in [0.2, 0.25) is 0 Å². The van der Waals surface area contributed by atoms with Gasteiger partial charge in [-0.15, -0.1) is 12.4 Å². The van der Waals surface area contributed by atoms with E-state index in [9.17, 15) is 13.2 Å². The molecule has 0 unspecified atom stereocenters. The number of halogens is 1. The van der Waals surface area contributed by atoms with Crippen LogP contribution in [0.25, 0.3) is 10.2 Å². The van der Waals surface area contributed by atoms with Gasteiger partial charge in [-0.2, -0.15) is 0 Å². The zero-order valence-corrected chi connectivity index (χ0v) is 20.1. The van der Waals surface area contributed by atoms with Crippen molar-refractivity contribution in [3.8, 4) is 0 Å². The molecular weight excluding hydrogens is 442 g/mol. The number of rotatable bonds is 6. The second-order valence-electron chi connectivity index (χ2n) is 7.46. The van der Waals surface area contributed by atoms with E-state index in [-0.39, 0.29) is 23.2 Å². The summed E-state index contributed by atoms with van der Waals surface area (Å²) in [6.07, 6.45) is 1.18. The molecule has 0 saturated heterocycles. The van der Waals surface area contributed by atoms with Crippen LogP contribution in [0.2, 0.25) is 0 Å². The van der Waals surface area contributed by atoms with Crippen LogP contribution in [0.3, 0.4) is 0 Å². The molecule has 0 aliphatic heterocycles. The van der Waals surface area contributed by atoms with Crippen LogP contribution in [0, 0.1) is 13.8 Å². The number of amides is 1. The zero-order chi connectivity index (χ0) is 21.3. The quantitative estimate of drug-likeness (QED) is 0.549. The molecule has 30 heavy (non-hydrogen) atoms. The molecule has 3 rings (SSSR count). The number of carbonyl (C=O) groups excluding carboxylic acids is 1. The van der Waals surface area contributed by atoms with Gasteiger partial charge in [0.25, 0.3) is 5.91 Å². The topological polar surface area (TPSA) is 70.6 Å². The lowest BCUT2D eigenvalue weighted by molar-refractivity contribution is 0.0985. The van der Waals surface area contributed by atoms with Crippen LogP contribution in [-0.2, 0) is 9.84 Å². The molecule has 6 nitrogen and oxygen atoms in total. The minimum Gasteiger partial charge on any atom is -0.308 e. The molecule has 3 aromatic rings. The van der Waals surface area contributed by atoms with E-state index in [1.807, 2.05) is 51.0 Å². The number of aryl methyl sites for hydroxylation is 2. The fourth-order valence-electron chi connectivity index (χ4n) is 2.85. The highest BCUT2D eigenvalue weighted by atomic mass is 35.5. The molecule has 1 heterocycles. The third-order valence-corrected chi connectivity index (χ3v) is 6.93. The Balaban J connectivity index is 0.00000320. The van der Waals surface area contributed by atoms with Gasteiger partial charge in [-0.25, -0.2) is 13.4 Å². The standard InChI is InChI=1S/C21H25N3O3S2.ClH/c1-14-6-7-16(12-15(14)2)20(25)24(11-10-23(3)4)21-22-18-9-8-17(29(5,26)27)13-19(18)28-21;/h6-9,12-13H,10-11H2,1-5H3;1H. The van der Waals surface area contributed by atoms with Crippen LogP contribution < -0.4 is 4.90 Å². The number of thiazole rings is 1. The van der Waals surface area contributed by atoms with Gasteiger partial charge in [0.15, 0.2) is 15.0 Å². The van der Waals surface area contributed by atoms with Crippen LogP contribution in [-0.4, -0.2) is 57.6 Å². The van der Waals surface area contributed by atoms with Crippen LogP contribution in [0.4, 0.5) is 5.13 Å². The molecule has 0 saturated carbocycles. The summed E-state index contributed by atoms with van der Waals surface area (Å²) < 4.78 is 24.5. The number of carbonyl (C=O) groups is 1. The second kappa shape index (κ2) is 9.43. The van der Waals surface area contributed by atoms with Crippen molar-refractivity contribution in [2.24, 2.45) is 0 Å². The van der Waals surface area contributed by atoms with Crippen molar-refractivity contribution >= 4 is 54.8 Å². The Morgan fingerprint density at radius 2 is 1.73 bits per heavy atom. The first kappa shape index (κ1) is 24.3. The van der Waals surface area contributed by atoms with E-state index < -0.39 is 9.84 Å². The van der Waals surface area contributed by atoms with Crippen molar-refractivity contribution in [3.05, 3.63) is 53.1 Å².